The standard InChI is InChI=1S/C17H18BrFN4O3/c1-20-17(26)14-3-2-4-23(14)15(24)8-21-16(25)13-7-10-11(19)5-9(18)6-12(10)22-13/h5-7,14,22H,2-4,8H2,1H3,(H,20,26)(H,21,25). The average Bonchev–Trinajstić information content (AvgIpc) is 3.25. The van der Waals surface area contributed by atoms with E-state index in [2.05, 4.69) is 31.5 Å². The molecule has 1 aromatic heterocycles. The van der Waals surface area contributed by atoms with E-state index in [9.17, 15) is 18.8 Å². The number of fused-ring (bicyclic) bond motifs is 1. The minimum atomic E-state index is -0.513. The van der Waals surface area contributed by atoms with Crippen molar-refractivity contribution >= 4 is 44.6 Å². The van der Waals surface area contributed by atoms with Crippen LogP contribution in [0.1, 0.15) is 23.3 Å². The van der Waals surface area contributed by atoms with Crippen LogP contribution in [0.3, 0.4) is 0 Å². The molecule has 0 saturated carbocycles. The minimum Gasteiger partial charge on any atom is -0.357 e. The van der Waals surface area contributed by atoms with Crippen molar-refractivity contribution < 1.29 is 18.8 Å². The zero-order valence-corrected chi connectivity index (χ0v) is 15.7. The lowest BCUT2D eigenvalue weighted by Gasteiger charge is -2.23. The minimum absolute atomic E-state index is 0.161. The summed E-state index contributed by atoms with van der Waals surface area (Å²) in [6, 6.07) is 3.88. The first-order valence-electron chi connectivity index (χ1n) is 8.17. The molecule has 1 unspecified atom stereocenters. The Bertz CT molecular complexity index is 882. The van der Waals surface area contributed by atoms with Crippen LogP contribution in [0, 0.1) is 5.82 Å². The predicted molar refractivity (Wildman–Crippen MR) is 97.1 cm³/mol. The van der Waals surface area contributed by atoms with Gasteiger partial charge in [0.25, 0.3) is 5.91 Å². The Morgan fingerprint density at radius 1 is 1.35 bits per heavy atom. The highest BCUT2D eigenvalue weighted by Crippen LogP contribution is 2.24. The highest BCUT2D eigenvalue weighted by atomic mass is 79.9. The van der Waals surface area contributed by atoms with Crippen molar-refractivity contribution in [1.29, 1.82) is 0 Å². The maximum Gasteiger partial charge on any atom is 0.268 e. The number of rotatable bonds is 4. The fourth-order valence-corrected chi connectivity index (χ4v) is 3.57. The number of aromatic nitrogens is 1. The van der Waals surface area contributed by atoms with Crippen LogP contribution in [0.25, 0.3) is 10.9 Å². The van der Waals surface area contributed by atoms with Crippen LogP contribution in [-0.2, 0) is 9.59 Å². The summed E-state index contributed by atoms with van der Waals surface area (Å²) in [4.78, 5) is 40.7. The van der Waals surface area contributed by atoms with Gasteiger partial charge < -0.3 is 20.5 Å². The largest absolute Gasteiger partial charge is 0.357 e. The van der Waals surface area contributed by atoms with Gasteiger partial charge in [0.15, 0.2) is 0 Å². The van der Waals surface area contributed by atoms with Gasteiger partial charge in [-0.05, 0) is 31.0 Å². The lowest BCUT2D eigenvalue weighted by molar-refractivity contribution is -0.137. The quantitative estimate of drug-likeness (QED) is 0.694. The normalized spacial score (nSPS) is 16.7. The molecule has 1 fully saturated rings. The topological polar surface area (TPSA) is 94.3 Å². The molecule has 7 nitrogen and oxygen atoms in total. The third kappa shape index (κ3) is 3.57. The summed E-state index contributed by atoms with van der Waals surface area (Å²) in [5.41, 5.74) is 0.640. The third-order valence-corrected chi connectivity index (χ3v) is 4.88. The van der Waals surface area contributed by atoms with Gasteiger partial charge in [-0.15, -0.1) is 0 Å². The van der Waals surface area contributed by atoms with Gasteiger partial charge in [-0.25, -0.2) is 4.39 Å². The molecule has 26 heavy (non-hydrogen) atoms. The number of halogens is 2. The lowest BCUT2D eigenvalue weighted by atomic mass is 10.2. The fraction of sp³-hybridized carbons (Fsp3) is 0.353. The maximum absolute atomic E-state index is 13.9. The number of nitrogens with zero attached hydrogens (tertiary/aromatic N) is 1. The van der Waals surface area contributed by atoms with Crippen LogP contribution in [-0.4, -0.2) is 53.8 Å². The number of nitrogens with one attached hydrogen (secondary N) is 3. The number of H-pyrrole nitrogens is 1. The molecule has 2 aromatic rings. The van der Waals surface area contributed by atoms with Crippen molar-refractivity contribution in [2.75, 3.05) is 20.1 Å². The molecule has 1 saturated heterocycles. The summed E-state index contributed by atoms with van der Waals surface area (Å²) < 4.78 is 14.5. The molecule has 2 heterocycles. The highest BCUT2D eigenvalue weighted by molar-refractivity contribution is 9.10. The second-order valence-corrected chi connectivity index (χ2v) is 6.99. The Hall–Kier alpha value is -2.42. The van der Waals surface area contributed by atoms with Crippen molar-refractivity contribution in [3.63, 3.8) is 0 Å². The van der Waals surface area contributed by atoms with Crippen LogP contribution >= 0.6 is 15.9 Å². The smallest absolute Gasteiger partial charge is 0.268 e. The molecule has 1 aromatic carbocycles. The summed E-state index contributed by atoms with van der Waals surface area (Å²) in [5.74, 6) is -1.50. The molecule has 3 amide bonds. The van der Waals surface area contributed by atoms with E-state index >= 15 is 0 Å². The first-order valence-corrected chi connectivity index (χ1v) is 8.97. The van der Waals surface area contributed by atoms with E-state index in [1.54, 1.807) is 6.07 Å². The summed E-state index contributed by atoms with van der Waals surface area (Å²) >= 11 is 3.20. The zero-order chi connectivity index (χ0) is 18.8. The van der Waals surface area contributed by atoms with Gasteiger partial charge >= 0.3 is 0 Å². The van der Waals surface area contributed by atoms with Crippen molar-refractivity contribution in [1.82, 2.24) is 20.5 Å². The number of benzene rings is 1. The second kappa shape index (κ2) is 7.45. The van der Waals surface area contributed by atoms with Crippen LogP contribution in [0.5, 0.6) is 0 Å². The third-order valence-electron chi connectivity index (χ3n) is 4.42. The summed E-state index contributed by atoms with van der Waals surface area (Å²) in [5, 5.41) is 5.36. The summed E-state index contributed by atoms with van der Waals surface area (Å²) in [6.45, 7) is 0.256. The van der Waals surface area contributed by atoms with Gasteiger partial charge in [-0.1, -0.05) is 15.9 Å². The molecule has 0 bridgehead atoms. The van der Waals surface area contributed by atoms with Gasteiger partial charge in [0.1, 0.15) is 17.6 Å². The number of hydrogen-bond donors (Lipinski definition) is 3. The molecule has 1 aliphatic heterocycles. The highest BCUT2D eigenvalue weighted by Gasteiger charge is 2.33. The average molecular weight is 425 g/mol. The molecule has 0 spiro atoms. The number of likely N-dealkylation sites (N-methyl/N-ethyl adjacent to an activating group) is 1. The van der Waals surface area contributed by atoms with Crippen LogP contribution < -0.4 is 10.6 Å². The van der Waals surface area contributed by atoms with Crippen LogP contribution in [0.2, 0.25) is 0 Å². The Kier molecular flexibility index (Phi) is 5.26. The van der Waals surface area contributed by atoms with Crippen molar-refractivity contribution in [3.8, 4) is 0 Å². The molecular weight excluding hydrogens is 407 g/mol. The molecule has 0 aliphatic carbocycles. The summed E-state index contributed by atoms with van der Waals surface area (Å²) in [6.07, 6.45) is 1.35. The Labute approximate surface area is 157 Å². The van der Waals surface area contributed by atoms with Crippen molar-refractivity contribution in [2.45, 2.75) is 18.9 Å². The van der Waals surface area contributed by atoms with Gasteiger partial charge in [0, 0.05) is 23.5 Å². The predicted octanol–water partition coefficient (Wildman–Crippen LogP) is 1.54. The molecule has 1 aliphatic rings. The van der Waals surface area contributed by atoms with Gasteiger partial charge in [-0.2, -0.15) is 0 Å². The lowest BCUT2D eigenvalue weighted by Crippen LogP contribution is -2.48. The fourth-order valence-electron chi connectivity index (χ4n) is 3.14. The van der Waals surface area contributed by atoms with E-state index < -0.39 is 17.8 Å². The van der Waals surface area contributed by atoms with E-state index in [0.29, 0.717) is 28.3 Å². The van der Waals surface area contributed by atoms with E-state index in [-0.39, 0.29) is 24.1 Å². The monoisotopic (exact) mass is 424 g/mol. The van der Waals surface area contributed by atoms with Gasteiger partial charge in [0.2, 0.25) is 11.8 Å². The number of aromatic amines is 1. The van der Waals surface area contributed by atoms with E-state index in [1.165, 1.54) is 24.1 Å². The molecule has 1 atom stereocenters. The number of amides is 3. The van der Waals surface area contributed by atoms with E-state index in [4.69, 9.17) is 0 Å². The number of carbonyl (C=O) groups excluding carboxylic acids is 3. The Morgan fingerprint density at radius 2 is 2.12 bits per heavy atom. The first-order chi connectivity index (χ1) is 12.4. The Balaban J connectivity index is 1.66. The molecule has 3 N–H and O–H groups in total. The van der Waals surface area contributed by atoms with Crippen LogP contribution in [0.4, 0.5) is 4.39 Å². The first kappa shape index (κ1) is 18.4. The Morgan fingerprint density at radius 3 is 2.85 bits per heavy atom. The van der Waals surface area contributed by atoms with Crippen molar-refractivity contribution in [3.05, 3.63) is 34.2 Å². The zero-order valence-electron chi connectivity index (χ0n) is 14.1. The van der Waals surface area contributed by atoms with E-state index in [0.717, 1.165) is 6.42 Å². The van der Waals surface area contributed by atoms with Gasteiger partial charge in [-0.3, -0.25) is 14.4 Å². The number of carbonyl (C=O) groups is 3. The van der Waals surface area contributed by atoms with Crippen LogP contribution in [0.15, 0.2) is 22.7 Å². The van der Waals surface area contributed by atoms with E-state index in [1.807, 2.05) is 0 Å². The SMILES string of the molecule is CNC(=O)C1CCCN1C(=O)CNC(=O)c1cc2c(F)cc(Br)cc2[nH]1. The summed E-state index contributed by atoms with van der Waals surface area (Å²) in [7, 11) is 1.53. The molecular formula is C17H18BrFN4O3. The molecule has 138 valence electrons. The van der Waals surface area contributed by atoms with Crippen molar-refractivity contribution in [2.24, 2.45) is 0 Å². The van der Waals surface area contributed by atoms with Gasteiger partial charge in [0.05, 0.1) is 12.1 Å². The molecule has 3 rings (SSSR count). The maximum atomic E-state index is 13.9. The number of hydrogen-bond acceptors (Lipinski definition) is 3. The molecule has 0 radical (unpaired) electrons. The number of likely N-dealkylation sites (tertiary alicyclic amines) is 1. The molecule has 9 heteroatoms. The second-order valence-electron chi connectivity index (χ2n) is 6.07.